The van der Waals surface area contributed by atoms with Crippen LogP contribution >= 0.6 is 23.2 Å². The van der Waals surface area contributed by atoms with Crippen LogP contribution in [0.3, 0.4) is 0 Å². The van der Waals surface area contributed by atoms with E-state index in [-0.39, 0.29) is 6.54 Å². The van der Waals surface area contributed by atoms with Crippen molar-refractivity contribution in [1.82, 2.24) is 10.2 Å². The first-order chi connectivity index (χ1) is 13.3. The van der Waals surface area contributed by atoms with Crippen molar-refractivity contribution < 1.29 is 19.2 Å². The Balaban J connectivity index is 1.81. The molecule has 2 aliphatic heterocycles. The number of fused-ring (bicyclic) bond motifs is 2. The van der Waals surface area contributed by atoms with Crippen molar-refractivity contribution in [3.8, 4) is 0 Å². The number of hydrogen-bond acceptors (Lipinski definition) is 4. The molecule has 1 spiro atoms. The number of benzene rings is 2. The molecule has 1 saturated heterocycles. The van der Waals surface area contributed by atoms with Crippen LogP contribution in [0.2, 0.25) is 10.0 Å². The van der Waals surface area contributed by atoms with Crippen molar-refractivity contribution >= 4 is 52.6 Å². The number of nitrogens with one attached hydrogen (secondary N) is 1. The monoisotopic (exact) mass is 417 g/mol. The molecule has 0 aliphatic carbocycles. The molecule has 2 heterocycles. The lowest BCUT2D eigenvalue weighted by Crippen LogP contribution is -2.52. The molecular weight excluding hydrogens is 405 g/mol. The Labute approximate surface area is 169 Å². The minimum atomic E-state index is -1.95. The number of rotatable bonds is 2. The van der Waals surface area contributed by atoms with E-state index in [0.29, 0.717) is 31.8 Å². The third kappa shape index (κ3) is 2.43. The predicted octanol–water partition coefficient (Wildman–Crippen LogP) is 2.83. The van der Waals surface area contributed by atoms with E-state index >= 15 is 0 Å². The zero-order valence-corrected chi connectivity index (χ0v) is 16.0. The van der Waals surface area contributed by atoms with Gasteiger partial charge in [0, 0.05) is 12.5 Å². The van der Waals surface area contributed by atoms with E-state index in [2.05, 4.69) is 5.32 Å². The molecule has 2 aromatic carbocycles. The maximum Gasteiger partial charge on any atom is 0.332 e. The van der Waals surface area contributed by atoms with Crippen LogP contribution in [-0.4, -0.2) is 28.7 Å². The zero-order valence-electron chi connectivity index (χ0n) is 14.5. The number of carbonyl (C=O) groups is 4. The Hall–Kier alpha value is -2.90. The van der Waals surface area contributed by atoms with Crippen LogP contribution in [0.15, 0.2) is 42.5 Å². The number of halogens is 2. The minimum Gasteiger partial charge on any atom is -0.311 e. The molecule has 0 radical (unpaired) electrons. The first-order valence-electron chi connectivity index (χ1n) is 8.30. The summed E-state index contributed by atoms with van der Waals surface area (Å²) in [6.07, 6.45) is 0. The first kappa shape index (κ1) is 18.5. The summed E-state index contributed by atoms with van der Waals surface area (Å²) >= 11 is 12.0. The highest BCUT2D eigenvalue weighted by Gasteiger charge is 2.64. The van der Waals surface area contributed by atoms with Gasteiger partial charge in [-0.2, -0.15) is 4.90 Å². The maximum atomic E-state index is 13.4. The van der Waals surface area contributed by atoms with Gasteiger partial charge in [-0.25, -0.2) is 4.79 Å². The maximum absolute atomic E-state index is 13.4. The molecule has 7 nitrogen and oxygen atoms in total. The number of nitrogens with zero attached hydrogens (tertiary/aromatic N) is 2. The summed E-state index contributed by atoms with van der Waals surface area (Å²) in [5.74, 6) is -2.30. The molecule has 142 valence electrons. The van der Waals surface area contributed by atoms with E-state index in [0.717, 1.165) is 6.92 Å². The first-order valence-corrected chi connectivity index (χ1v) is 9.05. The fourth-order valence-corrected chi connectivity index (χ4v) is 3.89. The van der Waals surface area contributed by atoms with E-state index in [1.54, 1.807) is 42.5 Å². The second-order valence-corrected chi connectivity index (χ2v) is 7.31. The number of hydrogen-bond donors (Lipinski definition) is 1. The molecule has 1 atom stereocenters. The van der Waals surface area contributed by atoms with Crippen molar-refractivity contribution in [2.45, 2.75) is 19.0 Å². The van der Waals surface area contributed by atoms with Gasteiger partial charge in [-0.15, -0.1) is 0 Å². The molecule has 4 rings (SSSR count). The molecule has 0 saturated carbocycles. The van der Waals surface area contributed by atoms with Crippen molar-refractivity contribution in [2.75, 3.05) is 4.90 Å². The number of imide groups is 3. The van der Waals surface area contributed by atoms with Gasteiger partial charge in [0.25, 0.3) is 11.8 Å². The Morgan fingerprint density at radius 2 is 1.75 bits per heavy atom. The molecule has 9 heteroatoms. The summed E-state index contributed by atoms with van der Waals surface area (Å²) in [5, 5.41) is 3.15. The van der Waals surface area contributed by atoms with Gasteiger partial charge in [0.1, 0.15) is 0 Å². The second-order valence-electron chi connectivity index (χ2n) is 6.50. The van der Waals surface area contributed by atoms with Gasteiger partial charge in [0.2, 0.25) is 11.4 Å². The second kappa shape index (κ2) is 6.32. The lowest BCUT2D eigenvalue weighted by atomic mass is 9.91. The molecule has 5 amide bonds. The van der Waals surface area contributed by atoms with Gasteiger partial charge in [-0.3, -0.25) is 14.4 Å². The van der Waals surface area contributed by atoms with Gasteiger partial charge in [-0.1, -0.05) is 47.5 Å². The summed E-state index contributed by atoms with van der Waals surface area (Å²) in [4.78, 5) is 52.2. The van der Waals surface area contributed by atoms with Crippen molar-refractivity contribution in [3.63, 3.8) is 0 Å². The molecule has 0 aromatic heterocycles. The van der Waals surface area contributed by atoms with Gasteiger partial charge < -0.3 is 10.2 Å². The van der Waals surface area contributed by atoms with Crippen molar-refractivity contribution in [1.29, 1.82) is 0 Å². The number of anilines is 1. The van der Waals surface area contributed by atoms with Gasteiger partial charge >= 0.3 is 6.03 Å². The summed E-state index contributed by atoms with van der Waals surface area (Å²) in [6.45, 7) is 1.20. The highest BCUT2D eigenvalue weighted by molar-refractivity contribution is 6.42. The molecule has 0 bridgehead atoms. The smallest absolute Gasteiger partial charge is 0.311 e. The largest absolute Gasteiger partial charge is 0.332 e. The van der Waals surface area contributed by atoms with Gasteiger partial charge in [-0.05, 0) is 23.8 Å². The molecule has 28 heavy (non-hydrogen) atoms. The number of urea groups is 1. The van der Waals surface area contributed by atoms with Crippen LogP contribution in [0.4, 0.5) is 10.5 Å². The fourth-order valence-electron chi connectivity index (χ4n) is 3.57. The number of carbonyl (C=O) groups excluding carboxylic acids is 4. The standard InChI is InChI=1S/C19H13Cl2N3O4/c1-10(25)24-17(27)19(22-18(24)28)12-4-2-3-5-15(12)23(16(19)26)9-11-6-7-13(20)14(21)8-11/h2-8H,9H2,1H3,(H,22,28). The third-order valence-electron chi connectivity index (χ3n) is 4.83. The molecule has 1 fully saturated rings. The Morgan fingerprint density at radius 1 is 1.04 bits per heavy atom. The number of amides is 5. The van der Waals surface area contributed by atoms with E-state index in [9.17, 15) is 19.2 Å². The van der Waals surface area contributed by atoms with Gasteiger partial charge in [0.05, 0.1) is 22.3 Å². The fraction of sp³-hybridized carbons (Fsp3) is 0.158. The predicted molar refractivity (Wildman–Crippen MR) is 102 cm³/mol. The molecule has 1 N–H and O–H groups in total. The summed E-state index contributed by atoms with van der Waals surface area (Å²) < 4.78 is 0. The van der Waals surface area contributed by atoms with E-state index < -0.39 is 29.3 Å². The average Bonchev–Trinajstić information content (AvgIpc) is 3.05. The number of para-hydroxylation sites is 1. The lowest BCUT2D eigenvalue weighted by Gasteiger charge is -2.22. The Kier molecular flexibility index (Phi) is 4.17. The highest BCUT2D eigenvalue weighted by atomic mass is 35.5. The summed E-state index contributed by atoms with van der Waals surface area (Å²) in [6, 6.07) is 10.7. The van der Waals surface area contributed by atoms with Gasteiger partial charge in [0.15, 0.2) is 0 Å². The normalized spacial score (nSPS) is 20.8. The summed E-state index contributed by atoms with van der Waals surface area (Å²) in [7, 11) is 0. The topological polar surface area (TPSA) is 86.8 Å². The quantitative estimate of drug-likeness (QED) is 0.600. The average molecular weight is 418 g/mol. The lowest BCUT2D eigenvalue weighted by molar-refractivity contribution is -0.143. The Morgan fingerprint density at radius 3 is 2.39 bits per heavy atom. The minimum absolute atomic E-state index is 0.109. The van der Waals surface area contributed by atoms with Crippen molar-refractivity contribution in [3.05, 3.63) is 63.6 Å². The Bertz CT molecular complexity index is 1070. The van der Waals surface area contributed by atoms with Crippen LogP contribution in [-0.2, 0) is 26.5 Å². The summed E-state index contributed by atoms with van der Waals surface area (Å²) in [5.41, 5.74) is -0.468. The van der Waals surface area contributed by atoms with Crippen LogP contribution in [0.1, 0.15) is 18.1 Å². The molecule has 2 aromatic rings. The van der Waals surface area contributed by atoms with E-state index in [1.165, 1.54) is 4.90 Å². The van der Waals surface area contributed by atoms with E-state index in [1.807, 2.05) is 0 Å². The SMILES string of the molecule is CC(=O)N1C(=O)NC2(C1=O)C(=O)N(Cc1ccc(Cl)c(Cl)c1)c1ccccc12. The van der Waals surface area contributed by atoms with Crippen LogP contribution in [0, 0.1) is 0 Å². The molecule has 2 aliphatic rings. The van der Waals surface area contributed by atoms with Crippen LogP contribution in [0.25, 0.3) is 0 Å². The molecular formula is C19H13Cl2N3O4. The highest BCUT2D eigenvalue weighted by Crippen LogP contribution is 2.44. The third-order valence-corrected chi connectivity index (χ3v) is 5.56. The van der Waals surface area contributed by atoms with Crippen LogP contribution < -0.4 is 10.2 Å². The van der Waals surface area contributed by atoms with E-state index in [4.69, 9.17) is 23.2 Å². The van der Waals surface area contributed by atoms with Crippen molar-refractivity contribution in [2.24, 2.45) is 0 Å². The van der Waals surface area contributed by atoms with Crippen LogP contribution in [0.5, 0.6) is 0 Å². The molecule has 1 unspecified atom stereocenters. The zero-order chi connectivity index (χ0) is 20.2.